The number of hydrogen-bond acceptors (Lipinski definition) is 2. The van der Waals surface area contributed by atoms with Crippen LogP contribution in [-0.2, 0) is 9.53 Å². The largest absolute Gasteiger partial charge is 0.469 e. The van der Waals surface area contributed by atoms with Crippen molar-refractivity contribution in [3.8, 4) is 0 Å². The molecule has 0 amide bonds. The lowest BCUT2D eigenvalue weighted by Gasteiger charge is -1.98. The average Bonchev–Trinajstić information content (AvgIpc) is 2.38. The Morgan fingerprint density at radius 1 is 1.67 bits per heavy atom. The number of esters is 1. The van der Waals surface area contributed by atoms with E-state index in [1.807, 2.05) is 0 Å². The second-order valence-electron chi connectivity index (χ2n) is 3.27. The normalized spacial score (nSPS) is 29.4. The van der Waals surface area contributed by atoms with E-state index in [1.165, 1.54) is 7.11 Å². The molecule has 0 N–H and O–H groups in total. The molecule has 1 aliphatic rings. The van der Waals surface area contributed by atoms with Gasteiger partial charge in [-0.2, -0.15) is 0 Å². The lowest BCUT2D eigenvalue weighted by molar-refractivity contribution is -0.142. The van der Waals surface area contributed by atoms with Crippen molar-refractivity contribution in [3.63, 3.8) is 0 Å². The first-order valence-electron chi connectivity index (χ1n) is 3.16. The monoisotopic (exact) mass is 128 g/mol. The predicted molar refractivity (Wildman–Crippen MR) is 33.9 cm³/mol. The van der Waals surface area contributed by atoms with Crippen molar-refractivity contribution < 1.29 is 9.53 Å². The second kappa shape index (κ2) is 1.72. The Bertz CT molecular complexity index is 138. The molecule has 1 saturated carbocycles. The molecule has 0 heterocycles. The molecule has 0 spiro atoms. The van der Waals surface area contributed by atoms with Gasteiger partial charge in [0.2, 0.25) is 0 Å². The molecule has 0 aromatic rings. The minimum absolute atomic E-state index is 0.0556. The van der Waals surface area contributed by atoms with Crippen molar-refractivity contribution >= 4 is 5.97 Å². The summed E-state index contributed by atoms with van der Waals surface area (Å²) in [5.41, 5.74) is 0.215. The Labute approximate surface area is 55.2 Å². The van der Waals surface area contributed by atoms with E-state index in [2.05, 4.69) is 18.6 Å². The highest BCUT2D eigenvalue weighted by atomic mass is 16.5. The molecule has 0 unspecified atom stereocenters. The summed E-state index contributed by atoms with van der Waals surface area (Å²) in [6.07, 6.45) is 0.986. The second-order valence-corrected chi connectivity index (χ2v) is 3.27. The Morgan fingerprint density at radius 3 is 2.22 bits per heavy atom. The van der Waals surface area contributed by atoms with Crippen LogP contribution in [0, 0.1) is 11.3 Å². The quantitative estimate of drug-likeness (QED) is 0.496. The minimum atomic E-state index is -0.0556. The summed E-state index contributed by atoms with van der Waals surface area (Å²) in [5, 5.41) is 0. The van der Waals surface area contributed by atoms with Gasteiger partial charge in [-0.1, -0.05) is 13.8 Å². The van der Waals surface area contributed by atoms with Gasteiger partial charge in [0.05, 0.1) is 13.0 Å². The van der Waals surface area contributed by atoms with Crippen molar-refractivity contribution in [2.45, 2.75) is 20.3 Å². The molecule has 1 aliphatic carbocycles. The van der Waals surface area contributed by atoms with Crippen molar-refractivity contribution in [1.29, 1.82) is 0 Å². The summed E-state index contributed by atoms with van der Waals surface area (Å²) in [6, 6.07) is 0. The highest BCUT2D eigenvalue weighted by Gasteiger charge is 2.51. The molecule has 0 aliphatic heterocycles. The van der Waals surface area contributed by atoms with E-state index in [0.29, 0.717) is 0 Å². The van der Waals surface area contributed by atoms with Gasteiger partial charge < -0.3 is 4.74 Å². The third-order valence-corrected chi connectivity index (χ3v) is 2.00. The van der Waals surface area contributed by atoms with E-state index >= 15 is 0 Å². The first kappa shape index (κ1) is 6.59. The fourth-order valence-corrected chi connectivity index (χ4v) is 1.01. The lowest BCUT2D eigenvalue weighted by atomic mass is 10.1. The minimum Gasteiger partial charge on any atom is -0.469 e. The standard InChI is InChI=1S/C7H12O2/c1-7(2)4-5(7)6(8)9-3/h5H,4H2,1-3H3/t5-/m0/s1. The summed E-state index contributed by atoms with van der Waals surface area (Å²) in [4.78, 5) is 10.8. The van der Waals surface area contributed by atoms with Crippen LogP contribution in [0.2, 0.25) is 0 Å². The molecular formula is C7H12O2. The van der Waals surface area contributed by atoms with Gasteiger partial charge in [0, 0.05) is 0 Å². The maximum absolute atomic E-state index is 10.8. The zero-order chi connectivity index (χ0) is 7.07. The van der Waals surface area contributed by atoms with E-state index in [-0.39, 0.29) is 17.3 Å². The van der Waals surface area contributed by atoms with Crippen molar-refractivity contribution in [2.24, 2.45) is 11.3 Å². The van der Waals surface area contributed by atoms with Gasteiger partial charge in [-0.05, 0) is 11.8 Å². The predicted octanol–water partition coefficient (Wildman–Crippen LogP) is 1.21. The fraction of sp³-hybridized carbons (Fsp3) is 0.857. The van der Waals surface area contributed by atoms with Crippen molar-refractivity contribution in [2.75, 3.05) is 7.11 Å². The summed E-state index contributed by atoms with van der Waals surface area (Å²) in [5.74, 6) is 0.113. The van der Waals surface area contributed by atoms with Crippen molar-refractivity contribution in [3.05, 3.63) is 0 Å². The van der Waals surface area contributed by atoms with Crippen LogP contribution in [0.3, 0.4) is 0 Å². The summed E-state index contributed by atoms with van der Waals surface area (Å²) < 4.78 is 4.57. The van der Waals surface area contributed by atoms with E-state index in [9.17, 15) is 4.79 Å². The molecule has 2 nitrogen and oxygen atoms in total. The van der Waals surface area contributed by atoms with Gasteiger partial charge in [-0.25, -0.2) is 0 Å². The van der Waals surface area contributed by atoms with Crippen molar-refractivity contribution in [1.82, 2.24) is 0 Å². The number of rotatable bonds is 1. The molecule has 0 radical (unpaired) electrons. The summed E-state index contributed by atoms with van der Waals surface area (Å²) >= 11 is 0. The molecule has 0 aromatic carbocycles. The van der Waals surface area contributed by atoms with Gasteiger partial charge in [-0.15, -0.1) is 0 Å². The topological polar surface area (TPSA) is 26.3 Å². The van der Waals surface area contributed by atoms with E-state index < -0.39 is 0 Å². The molecule has 52 valence electrons. The number of hydrogen-bond donors (Lipinski definition) is 0. The molecule has 0 saturated heterocycles. The van der Waals surface area contributed by atoms with Crippen LogP contribution in [0.1, 0.15) is 20.3 Å². The Hall–Kier alpha value is -0.530. The Morgan fingerprint density at radius 2 is 2.11 bits per heavy atom. The first-order valence-corrected chi connectivity index (χ1v) is 3.16. The molecule has 9 heavy (non-hydrogen) atoms. The first-order chi connectivity index (χ1) is 4.08. The zero-order valence-electron chi connectivity index (χ0n) is 6.10. The molecule has 1 fully saturated rings. The third-order valence-electron chi connectivity index (χ3n) is 2.00. The van der Waals surface area contributed by atoms with Crippen LogP contribution in [0.15, 0.2) is 0 Å². The number of carbonyl (C=O) groups is 1. The smallest absolute Gasteiger partial charge is 0.309 e. The average molecular weight is 128 g/mol. The van der Waals surface area contributed by atoms with Gasteiger partial charge in [0.15, 0.2) is 0 Å². The highest BCUT2D eigenvalue weighted by Crippen LogP contribution is 2.51. The van der Waals surface area contributed by atoms with Gasteiger partial charge >= 0.3 is 5.97 Å². The lowest BCUT2D eigenvalue weighted by Crippen LogP contribution is -2.06. The van der Waals surface area contributed by atoms with Gasteiger partial charge in [0.1, 0.15) is 0 Å². The van der Waals surface area contributed by atoms with E-state index in [4.69, 9.17) is 0 Å². The van der Waals surface area contributed by atoms with Crippen LogP contribution < -0.4 is 0 Å². The summed E-state index contributed by atoms with van der Waals surface area (Å²) in [7, 11) is 1.44. The third kappa shape index (κ3) is 1.07. The van der Waals surface area contributed by atoms with Crippen LogP contribution in [0.4, 0.5) is 0 Å². The fourth-order valence-electron chi connectivity index (χ4n) is 1.01. The number of methoxy groups -OCH3 is 1. The number of carbonyl (C=O) groups excluding carboxylic acids is 1. The van der Waals surface area contributed by atoms with Crippen LogP contribution in [0.25, 0.3) is 0 Å². The molecule has 1 atom stereocenters. The maximum Gasteiger partial charge on any atom is 0.309 e. The van der Waals surface area contributed by atoms with Crippen LogP contribution in [-0.4, -0.2) is 13.1 Å². The number of ether oxygens (including phenoxy) is 1. The van der Waals surface area contributed by atoms with Gasteiger partial charge in [-0.3, -0.25) is 4.79 Å². The van der Waals surface area contributed by atoms with Gasteiger partial charge in [0.25, 0.3) is 0 Å². The van der Waals surface area contributed by atoms with Crippen LogP contribution >= 0.6 is 0 Å². The molecule has 2 heteroatoms. The maximum atomic E-state index is 10.8. The summed E-state index contributed by atoms with van der Waals surface area (Å²) in [6.45, 7) is 4.16. The van der Waals surface area contributed by atoms with Crippen LogP contribution in [0.5, 0.6) is 0 Å². The molecular weight excluding hydrogens is 116 g/mol. The molecule has 0 aromatic heterocycles. The molecule has 0 bridgehead atoms. The Balaban J connectivity index is 2.42. The Kier molecular flexibility index (Phi) is 1.26. The van der Waals surface area contributed by atoms with E-state index in [1.54, 1.807) is 0 Å². The molecule has 1 rings (SSSR count). The van der Waals surface area contributed by atoms with E-state index in [0.717, 1.165) is 6.42 Å². The SMILES string of the molecule is COC(=O)[C@@H]1CC1(C)C. The highest BCUT2D eigenvalue weighted by molar-refractivity contribution is 5.76. The zero-order valence-corrected chi connectivity index (χ0v) is 6.10.